The summed E-state index contributed by atoms with van der Waals surface area (Å²) >= 11 is 0. The Morgan fingerprint density at radius 3 is 1.34 bits per heavy atom. The minimum Gasteiger partial charge on any atom is -0.394 e. The predicted molar refractivity (Wildman–Crippen MR) is 239 cm³/mol. The number of carbonyl (C=O) groups is 1. The SMILES string of the molecule is CC(=O)N[C@H]1[C@H]2OC[C@H]3O[C@H](O[C@@H]4[C@@H](O[C@@H]5[C@@H](O[C@@H]6[C@H](O[C@H]1[C@H](O)[C@@H](CO)O2)O[C@H](CO)[C@@H](O)[C@@H]6O)O[C@H](CO)[C@@H](O)[C@@H]5O)O[C@H](CO)[C@@H](O)[C@@H]4O[C@H]1O[C@H](CO)[C@@H](O)[C@H](O)[C@H]1O)[C@@H](O)[C@@H](O[C@@H]1O[C@@H](C)[C@H](O)[C@@H](O)[C@H]1O)[C@@H]3O. The van der Waals surface area contributed by atoms with Crippen molar-refractivity contribution in [3.63, 3.8) is 0 Å². The highest BCUT2D eigenvalue weighted by Gasteiger charge is 2.60. The van der Waals surface area contributed by atoms with Crippen LogP contribution in [0.2, 0.25) is 0 Å². The number of nitrogens with one attached hydrogen (secondary N) is 1. The van der Waals surface area contributed by atoms with E-state index in [0.29, 0.717) is 0 Å². The molecular weight excluding hydrogens is 1090 g/mol. The molecule has 8 fully saturated rings. The van der Waals surface area contributed by atoms with Gasteiger partial charge in [-0.2, -0.15) is 0 Å². The molecule has 0 unspecified atom stereocenters. The van der Waals surface area contributed by atoms with Gasteiger partial charge in [-0.25, -0.2) is 0 Å². The van der Waals surface area contributed by atoms with Gasteiger partial charge in [-0.15, -0.1) is 0 Å². The largest absolute Gasteiger partial charge is 0.394 e. The van der Waals surface area contributed by atoms with Gasteiger partial charge in [0.25, 0.3) is 0 Å². The van der Waals surface area contributed by atoms with E-state index in [1.807, 2.05) is 0 Å². The lowest BCUT2D eigenvalue weighted by atomic mass is 9.94. The Balaban J connectivity index is 1.28. The van der Waals surface area contributed by atoms with Crippen LogP contribution in [0.15, 0.2) is 0 Å². The molecule has 0 radical (unpaired) electrons. The van der Waals surface area contributed by atoms with Crippen molar-refractivity contribution in [3.8, 4) is 0 Å². The smallest absolute Gasteiger partial charge is 0.217 e. The highest BCUT2D eigenvalue weighted by atomic mass is 16.8. The summed E-state index contributed by atoms with van der Waals surface area (Å²) in [6.07, 6.45) is -69.0. The lowest BCUT2D eigenvalue weighted by Gasteiger charge is -2.52. The lowest BCUT2D eigenvalue weighted by molar-refractivity contribution is -0.424. The van der Waals surface area contributed by atoms with Crippen molar-refractivity contribution < 1.29 is 168 Å². The van der Waals surface area contributed by atoms with Gasteiger partial charge in [-0.05, 0) is 6.92 Å². The zero-order valence-electron chi connectivity index (χ0n) is 42.1. The van der Waals surface area contributed by atoms with Crippen molar-refractivity contribution in [2.24, 2.45) is 0 Å². The van der Waals surface area contributed by atoms with Crippen LogP contribution in [0.5, 0.6) is 0 Å². The molecule has 35 heteroatoms. The fraction of sp³-hybridized carbons (Fsp3) is 0.977. The summed E-state index contributed by atoms with van der Waals surface area (Å²) in [6, 6.07) is -1.72. The highest BCUT2D eigenvalue weighted by molar-refractivity contribution is 5.73. The molecule has 0 aromatic heterocycles. The summed E-state index contributed by atoms with van der Waals surface area (Å²) in [6.45, 7) is -3.84. The monoisotopic (exact) mass is 1160 g/mol. The Labute approximate surface area is 447 Å². The fourth-order valence-corrected chi connectivity index (χ4v) is 10.6. The lowest BCUT2D eigenvalue weighted by Crippen LogP contribution is -2.71. The molecule has 1 amide bonds. The van der Waals surface area contributed by atoms with Gasteiger partial charge in [0.15, 0.2) is 44.0 Å². The van der Waals surface area contributed by atoms with E-state index in [1.165, 1.54) is 6.92 Å². The van der Waals surface area contributed by atoms with Crippen LogP contribution in [0.4, 0.5) is 0 Å². The minimum atomic E-state index is -2.36. The zero-order valence-corrected chi connectivity index (χ0v) is 42.1. The molecule has 0 saturated carbocycles. The average Bonchev–Trinajstić information content (AvgIpc) is 3.43. The maximum absolute atomic E-state index is 12.9. The summed E-state index contributed by atoms with van der Waals surface area (Å²) in [5.41, 5.74) is 0. The first kappa shape index (κ1) is 63.2. The van der Waals surface area contributed by atoms with E-state index in [-0.39, 0.29) is 0 Å². The average molecular weight is 1160 g/mol. The van der Waals surface area contributed by atoms with Crippen LogP contribution in [-0.2, 0) is 71.1 Å². The second-order valence-electron chi connectivity index (χ2n) is 20.4. The summed E-state index contributed by atoms with van der Waals surface area (Å²) in [5.74, 6) is -0.839. The summed E-state index contributed by atoms with van der Waals surface area (Å²) in [7, 11) is 0. The number of rotatable bonds is 10. The van der Waals surface area contributed by atoms with Crippen molar-refractivity contribution in [1.29, 1.82) is 0 Å². The third-order valence-corrected chi connectivity index (χ3v) is 15.1. The molecule has 8 heterocycles. The number of hydrogen-bond acceptors (Lipinski definition) is 34. The Kier molecular flexibility index (Phi) is 21.3. The maximum Gasteiger partial charge on any atom is 0.217 e. The van der Waals surface area contributed by atoms with Crippen LogP contribution in [0.1, 0.15) is 13.8 Å². The summed E-state index contributed by atoms with van der Waals surface area (Å²) < 4.78 is 83.8. The molecule has 8 rings (SSSR count). The molecule has 4 bridgehead atoms. The second-order valence-corrected chi connectivity index (χ2v) is 20.4. The molecule has 35 atom stereocenters. The highest BCUT2D eigenvalue weighted by Crippen LogP contribution is 2.40. The minimum absolute atomic E-state index is 0.839. The number of ether oxygens (including phenoxy) is 14. The molecule has 8 saturated heterocycles. The quantitative estimate of drug-likeness (QED) is 0.0966. The number of fused-ring (bicyclic) bond motifs is 7. The van der Waals surface area contributed by atoms with Crippen LogP contribution < -0.4 is 5.32 Å². The van der Waals surface area contributed by atoms with Crippen molar-refractivity contribution >= 4 is 5.91 Å². The van der Waals surface area contributed by atoms with Crippen molar-refractivity contribution in [2.45, 2.75) is 229 Å². The van der Waals surface area contributed by atoms with Crippen LogP contribution in [0.25, 0.3) is 0 Å². The fourth-order valence-electron chi connectivity index (χ4n) is 10.6. The van der Waals surface area contributed by atoms with Crippen LogP contribution in [0.3, 0.4) is 0 Å². The van der Waals surface area contributed by atoms with E-state index in [9.17, 15) is 102 Å². The van der Waals surface area contributed by atoms with Gasteiger partial charge in [-0.3, -0.25) is 4.79 Å². The first-order valence-electron chi connectivity index (χ1n) is 25.5. The standard InChI is InChI=1S/C44H73NO34/c1-9-18(52)25(59)29(63)39(67-9)75-33-24(58)16-8-66-38-17(45-10(2)51)32(22(56)14(6-49)68-38)74-42-35(27(61)20(54)12(4-47)70-42)77-43-36(28(62)21(55)13(5-48)71-43)78-44-37(79-41(73-16)31(33)65)34(23(57)15(7-50)72-44)76-40-30(64)26(60)19(53)11(3-46)69-40/h9,11-44,46-50,52-65H,3-8H2,1-2H3,(H,45,51)/t9-,11+,12+,13+,14+,15+,16+,17+,18-,19+,20+,21+,22+,23+,24+,25+,26-,27-,28-,29+,30+,31-,32+,33-,34-,35-,36-,37-,38-,39-,40+,41+,42-,43+,44+/m0/s1. The van der Waals surface area contributed by atoms with Gasteiger partial charge >= 0.3 is 0 Å². The van der Waals surface area contributed by atoms with E-state index < -0.39 is 260 Å². The number of carbonyl (C=O) groups excluding carboxylic acids is 1. The first-order valence-corrected chi connectivity index (χ1v) is 25.5. The number of aliphatic hydroxyl groups excluding tert-OH is 19. The van der Waals surface area contributed by atoms with Gasteiger partial charge < -0.3 is 169 Å². The van der Waals surface area contributed by atoms with Gasteiger partial charge in [0, 0.05) is 6.92 Å². The molecule has 8 aliphatic rings. The zero-order chi connectivity index (χ0) is 57.6. The Morgan fingerprint density at radius 2 is 0.810 bits per heavy atom. The first-order chi connectivity index (χ1) is 37.5. The van der Waals surface area contributed by atoms with Crippen LogP contribution >= 0.6 is 0 Å². The number of hydrogen-bond donors (Lipinski definition) is 20. The number of aliphatic hydroxyl groups is 19. The molecule has 0 aromatic carbocycles. The molecule has 35 nitrogen and oxygen atoms in total. The van der Waals surface area contributed by atoms with Gasteiger partial charge in [0.1, 0.15) is 165 Å². The molecular formula is C44H73NO34. The molecule has 0 aliphatic carbocycles. The van der Waals surface area contributed by atoms with Crippen molar-refractivity contribution in [1.82, 2.24) is 5.32 Å². The topological polar surface area (TPSA) is 543 Å². The normalized spacial score (nSPS) is 54.0. The molecule has 0 aromatic rings. The molecule has 458 valence electrons. The maximum atomic E-state index is 12.9. The van der Waals surface area contributed by atoms with E-state index in [4.69, 9.17) is 66.3 Å². The van der Waals surface area contributed by atoms with Gasteiger partial charge in [0.05, 0.1) is 45.7 Å². The second kappa shape index (κ2) is 26.6. The van der Waals surface area contributed by atoms with Crippen molar-refractivity contribution in [3.05, 3.63) is 0 Å². The van der Waals surface area contributed by atoms with Crippen molar-refractivity contribution in [2.75, 3.05) is 39.6 Å². The molecule has 79 heavy (non-hydrogen) atoms. The number of amides is 1. The predicted octanol–water partition coefficient (Wildman–Crippen LogP) is -14.1. The Morgan fingerprint density at radius 1 is 0.392 bits per heavy atom. The summed E-state index contributed by atoms with van der Waals surface area (Å²) in [4.78, 5) is 12.9. The van der Waals surface area contributed by atoms with E-state index >= 15 is 0 Å². The molecule has 0 spiro atoms. The third kappa shape index (κ3) is 12.8. The van der Waals surface area contributed by atoms with E-state index in [2.05, 4.69) is 5.32 Å². The third-order valence-electron chi connectivity index (χ3n) is 15.1. The van der Waals surface area contributed by atoms with Crippen LogP contribution in [0, 0.1) is 0 Å². The van der Waals surface area contributed by atoms with E-state index in [1.54, 1.807) is 0 Å². The van der Waals surface area contributed by atoms with E-state index in [0.717, 1.165) is 6.92 Å². The van der Waals surface area contributed by atoms with Gasteiger partial charge in [-0.1, -0.05) is 0 Å². The Bertz CT molecular complexity index is 1940. The summed E-state index contributed by atoms with van der Waals surface area (Å²) in [5, 5.41) is 213. The van der Waals surface area contributed by atoms with Crippen LogP contribution in [-0.4, -0.2) is 357 Å². The molecule has 20 N–H and O–H groups in total. The molecule has 8 aliphatic heterocycles. The Hall–Kier alpha value is -1.85. The van der Waals surface area contributed by atoms with Gasteiger partial charge in [0.2, 0.25) is 5.91 Å².